The topological polar surface area (TPSA) is 97.3 Å². The van der Waals surface area contributed by atoms with E-state index in [2.05, 4.69) is 31.0 Å². The van der Waals surface area contributed by atoms with Gasteiger partial charge in [-0.25, -0.2) is 13.2 Å². The number of H-pyrrole nitrogens is 1. The van der Waals surface area contributed by atoms with Gasteiger partial charge in [-0.3, -0.25) is 5.10 Å². The lowest BCUT2D eigenvalue weighted by Crippen LogP contribution is -2.37. The summed E-state index contributed by atoms with van der Waals surface area (Å²) in [6.07, 6.45) is 0.575. The zero-order valence-corrected chi connectivity index (χ0v) is 16.5. The first-order valence-corrected chi connectivity index (χ1v) is 9.82. The van der Waals surface area contributed by atoms with Gasteiger partial charge in [0.05, 0.1) is 12.8 Å². The largest absolute Gasteiger partial charge is 0.464 e. The first kappa shape index (κ1) is 18.7. The SMILES string of the molecule is COC(=O)c1ccc(S(=O)(=O)N2CCc3[nH]nc(C(C)(C)C)c3C2)n1C. The van der Waals surface area contributed by atoms with E-state index >= 15 is 0 Å². The van der Waals surface area contributed by atoms with Crippen molar-refractivity contribution in [1.29, 1.82) is 0 Å². The fraction of sp³-hybridized carbons (Fsp3) is 0.529. The van der Waals surface area contributed by atoms with Crippen LogP contribution in [-0.4, -0.2) is 47.1 Å². The molecule has 2 aromatic rings. The van der Waals surface area contributed by atoms with Crippen LogP contribution in [0.4, 0.5) is 0 Å². The van der Waals surface area contributed by atoms with Crippen LogP contribution in [0.1, 0.15) is 48.2 Å². The molecule has 2 aromatic heterocycles. The summed E-state index contributed by atoms with van der Waals surface area (Å²) in [5.41, 5.74) is 2.83. The molecule has 0 saturated carbocycles. The normalized spacial score (nSPS) is 15.7. The summed E-state index contributed by atoms with van der Waals surface area (Å²) >= 11 is 0. The van der Waals surface area contributed by atoms with E-state index in [-0.39, 0.29) is 22.7 Å². The first-order valence-electron chi connectivity index (χ1n) is 8.38. The molecule has 0 aliphatic carbocycles. The predicted molar refractivity (Wildman–Crippen MR) is 95.3 cm³/mol. The second-order valence-electron chi connectivity index (χ2n) is 7.48. The molecule has 9 heteroatoms. The van der Waals surface area contributed by atoms with E-state index in [4.69, 9.17) is 4.74 Å². The molecule has 8 nitrogen and oxygen atoms in total. The van der Waals surface area contributed by atoms with Crippen LogP contribution >= 0.6 is 0 Å². The van der Waals surface area contributed by atoms with Crippen LogP contribution in [0, 0.1) is 0 Å². The van der Waals surface area contributed by atoms with E-state index in [0.717, 1.165) is 17.0 Å². The maximum Gasteiger partial charge on any atom is 0.354 e. The maximum absolute atomic E-state index is 13.1. The van der Waals surface area contributed by atoms with Crippen LogP contribution in [0.5, 0.6) is 0 Å². The molecule has 26 heavy (non-hydrogen) atoms. The summed E-state index contributed by atoms with van der Waals surface area (Å²) in [6, 6.07) is 2.91. The molecule has 0 atom stereocenters. The quantitative estimate of drug-likeness (QED) is 0.816. The Morgan fingerprint density at radius 2 is 2.00 bits per heavy atom. The van der Waals surface area contributed by atoms with E-state index < -0.39 is 16.0 Å². The van der Waals surface area contributed by atoms with Crippen molar-refractivity contribution in [2.75, 3.05) is 13.7 Å². The van der Waals surface area contributed by atoms with Crippen LogP contribution in [0.2, 0.25) is 0 Å². The maximum atomic E-state index is 13.1. The van der Waals surface area contributed by atoms with Crippen molar-refractivity contribution in [2.45, 2.75) is 44.2 Å². The minimum atomic E-state index is -3.75. The monoisotopic (exact) mass is 380 g/mol. The molecule has 142 valence electrons. The van der Waals surface area contributed by atoms with Gasteiger partial charge >= 0.3 is 5.97 Å². The van der Waals surface area contributed by atoms with Crippen molar-refractivity contribution in [1.82, 2.24) is 19.1 Å². The smallest absolute Gasteiger partial charge is 0.354 e. The third-order valence-electron chi connectivity index (χ3n) is 4.68. The number of nitrogens with one attached hydrogen (secondary N) is 1. The van der Waals surface area contributed by atoms with Gasteiger partial charge in [0.25, 0.3) is 10.0 Å². The van der Waals surface area contributed by atoms with Gasteiger partial charge in [-0.1, -0.05) is 20.8 Å². The van der Waals surface area contributed by atoms with Crippen molar-refractivity contribution in [3.05, 3.63) is 34.8 Å². The molecule has 0 amide bonds. The highest BCUT2D eigenvalue weighted by Gasteiger charge is 2.35. The third kappa shape index (κ3) is 2.95. The van der Waals surface area contributed by atoms with Gasteiger partial charge in [0.1, 0.15) is 5.69 Å². The molecule has 0 saturated heterocycles. The molecule has 3 heterocycles. The van der Waals surface area contributed by atoms with Crippen LogP contribution in [-0.2, 0) is 40.2 Å². The first-order chi connectivity index (χ1) is 12.1. The summed E-state index contributed by atoms with van der Waals surface area (Å²) in [5.74, 6) is -0.570. The van der Waals surface area contributed by atoms with E-state index in [9.17, 15) is 13.2 Å². The van der Waals surface area contributed by atoms with Gasteiger partial charge in [-0.2, -0.15) is 9.40 Å². The van der Waals surface area contributed by atoms with Gasteiger partial charge in [0, 0.05) is 43.2 Å². The Kier molecular flexibility index (Phi) is 4.48. The number of hydrogen-bond acceptors (Lipinski definition) is 5. The van der Waals surface area contributed by atoms with Gasteiger partial charge in [-0.05, 0) is 12.1 Å². The minimum absolute atomic E-state index is 0.0714. The molecule has 3 rings (SSSR count). The van der Waals surface area contributed by atoms with E-state index in [1.807, 2.05) is 0 Å². The molecule has 0 unspecified atom stereocenters. The summed E-state index contributed by atoms with van der Waals surface area (Å²) in [5, 5.41) is 7.52. The van der Waals surface area contributed by atoms with Crippen molar-refractivity contribution >= 4 is 16.0 Å². The summed E-state index contributed by atoms with van der Waals surface area (Å²) in [7, 11) is -0.935. The highest BCUT2D eigenvalue weighted by molar-refractivity contribution is 7.89. The van der Waals surface area contributed by atoms with Gasteiger partial charge in [0.2, 0.25) is 0 Å². The van der Waals surface area contributed by atoms with Crippen molar-refractivity contribution in [3.63, 3.8) is 0 Å². The molecule has 0 bridgehead atoms. The summed E-state index contributed by atoms with van der Waals surface area (Å²) in [4.78, 5) is 11.8. The van der Waals surface area contributed by atoms with E-state index in [1.165, 1.54) is 28.1 Å². The standard InChI is InChI=1S/C17H24N4O4S/c1-17(2,3)15-11-10-21(9-8-12(11)18-19-15)26(23,24)14-7-6-13(20(14)4)16(22)25-5/h6-7H,8-10H2,1-5H3,(H,18,19). The number of sulfonamides is 1. The second kappa shape index (κ2) is 6.24. The molecule has 0 fully saturated rings. The number of nitrogens with zero attached hydrogens (tertiary/aromatic N) is 3. The average molecular weight is 380 g/mol. The minimum Gasteiger partial charge on any atom is -0.464 e. The van der Waals surface area contributed by atoms with E-state index in [1.54, 1.807) is 7.05 Å². The number of aromatic nitrogens is 3. The Bertz CT molecular complexity index is 950. The second-order valence-corrected chi connectivity index (χ2v) is 9.36. The average Bonchev–Trinajstić information content (AvgIpc) is 3.16. The Hall–Kier alpha value is -2.13. The number of ether oxygens (including phenoxy) is 1. The fourth-order valence-electron chi connectivity index (χ4n) is 3.29. The fourth-order valence-corrected chi connectivity index (χ4v) is 4.87. The summed E-state index contributed by atoms with van der Waals surface area (Å²) in [6.45, 7) is 6.78. The third-order valence-corrected chi connectivity index (χ3v) is 6.61. The van der Waals surface area contributed by atoms with Crippen molar-refractivity contribution in [3.8, 4) is 0 Å². The zero-order valence-electron chi connectivity index (χ0n) is 15.7. The number of esters is 1. The highest BCUT2D eigenvalue weighted by Crippen LogP contribution is 2.31. The number of hydrogen-bond donors (Lipinski definition) is 1. The predicted octanol–water partition coefficient (Wildman–Crippen LogP) is 1.58. The lowest BCUT2D eigenvalue weighted by Gasteiger charge is -2.28. The Morgan fingerprint density at radius 3 is 2.62 bits per heavy atom. The number of methoxy groups -OCH3 is 1. The molecular formula is C17H24N4O4S. The number of carbonyl (C=O) groups is 1. The summed E-state index contributed by atoms with van der Waals surface area (Å²) < 4.78 is 33.8. The Morgan fingerprint density at radius 1 is 1.31 bits per heavy atom. The molecule has 0 radical (unpaired) electrons. The van der Waals surface area contributed by atoms with Gasteiger partial charge in [0.15, 0.2) is 5.03 Å². The number of rotatable bonds is 3. The Balaban J connectivity index is 1.97. The lowest BCUT2D eigenvalue weighted by atomic mass is 9.88. The van der Waals surface area contributed by atoms with Crippen LogP contribution < -0.4 is 0 Å². The van der Waals surface area contributed by atoms with Crippen LogP contribution in [0.15, 0.2) is 17.2 Å². The van der Waals surface area contributed by atoms with E-state index in [0.29, 0.717) is 13.0 Å². The molecule has 0 aromatic carbocycles. The lowest BCUT2D eigenvalue weighted by molar-refractivity contribution is 0.0589. The number of fused-ring (bicyclic) bond motifs is 1. The molecular weight excluding hydrogens is 356 g/mol. The van der Waals surface area contributed by atoms with Crippen LogP contribution in [0.25, 0.3) is 0 Å². The molecule has 1 aliphatic rings. The van der Waals surface area contributed by atoms with Crippen LogP contribution in [0.3, 0.4) is 0 Å². The van der Waals surface area contributed by atoms with Gasteiger partial charge in [-0.15, -0.1) is 0 Å². The zero-order chi connectivity index (χ0) is 19.3. The molecule has 0 spiro atoms. The van der Waals surface area contributed by atoms with Crippen molar-refractivity contribution < 1.29 is 17.9 Å². The highest BCUT2D eigenvalue weighted by atomic mass is 32.2. The van der Waals surface area contributed by atoms with Crippen molar-refractivity contribution in [2.24, 2.45) is 7.05 Å². The number of aromatic amines is 1. The molecule has 1 N–H and O–H groups in total. The van der Waals surface area contributed by atoms with Gasteiger partial charge < -0.3 is 9.30 Å². The Labute approximate surface area is 153 Å². The number of carbonyl (C=O) groups excluding carboxylic acids is 1. The molecule has 1 aliphatic heterocycles.